The zero-order valence-corrected chi connectivity index (χ0v) is 8.68. The largest absolute Gasteiger partial charge is 0.493 e. The van der Waals surface area contributed by atoms with E-state index in [1.807, 2.05) is 0 Å². The Morgan fingerprint density at radius 1 is 1.54 bits per heavy atom. The Morgan fingerprint density at radius 3 is 2.54 bits per heavy atom. The Bertz CT molecular complexity index is 319. The molecule has 0 atom stereocenters. The maximum absolute atomic E-state index is 12.9. The highest BCUT2D eigenvalue weighted by Gasteiger charge is 2.21. The smallest absolute Gasteiger partial charge is 0.270 e. The zero-order chi connectivity index (χ0) is 10.0. The zero-order valence-electron chi connectivity index (χ0n) is 6.52. The Hall–Kier alpha value is -0.530. The lowest BCUT2D eigenvalue weighted by Crippen LogP contribution is -2.01. The predicted molar refractivity (Wildman–Crippen MR) is 48.4 cm³/mol. The summed E-state index contributed by atoms with van der Waals surface area (Å²) < 4.78 is 42.2. The maximum atomic E-state index is 12.9. The van der Waals surface area contributed by atoms with Crippen LogP contribution < -0.4 is 4.74 Å². The molecule has 6 heteroatoms. The molecule has 0 saturated carbocycles. The Kier molecular flexibility index (Phi) is 3.34. The molecule has 0 bridgehead atoms. The van der Waals surface area contributed by atoms with Crippen LogP contribution in [0, 0.1) is 9.52 Å². The van der Waals surface area contributed by atoms with Crippen LogP contribution in [0.2, 0.25) is 0 Å². The average Bonchev–Trinajstić information content (AvgIpc) is 2.07. The van der Waals surface area contributed by atoms with Gasteiger partial charge in [-0.1, -0.05) is 0 Å². The number of methoxy groups -OCH3 is 1. The number of pyridine rings is 1. The summed E-state index contributed by atoms with van der Waals surface area (Å²) in [6.45, 7) is 0. The Balaban J connectivity index is 3.35. The van der Waals surface area contributed by atoms with E-state index >= 15 is 0 Å². The molecule has 0 fully saturated rings. The van der Waals surface area contributed by atoms with Gasteiger partial charge in [0.2, 0.25) is 0 Å². The lowest BCUT2D eigenvalue weighted by Gasteiger charge is -2.09. The van der Waals surface area contributed by atoms with Gasteiger partial charge in [0.1, 0.15) is 3.70 Å². The molecular formula is C7H5F3INO. The van der Waals surface area contributed by atoms with Crippen LogP contribution in [0.3, 0.4) is 0 Å². The van der Waals surface area contributed by atoms with E-state index in [0.29, 0.717) is 0 Å². The molecule has 13 heavy (non-hydrogen) atoms. The van der Waals surface area contributed by atoms with Gasteiger partial charge < -0.3 is 4.74 Å². The minimum atomic E-state index is -2.79. The highest BCUT2D eigenvalue weighted by Crippen LogP contribution is 2.33. The number of hydrogen-bond acceptors (Lipinski definition) is 2. The summed E-state index contributed by atoms with van der Waals surface area (Å²) in [5, 5.41) is 0. The molecule has 0 N–H and O–H groups in total. The Morgan fingerprint density at radius 2 is 2.15 bits per heavy atom. The normalized spacial score (nSPS) is 10.6. The van der Waals surface area contributed by atoms with Crippen LogP contribution in [0.1, 0.15) is 12.0 Å². The van der Waals surface area contributed by atoms with Crippen LogP contribution >= 0.6 is 22.6 Å². The van der Waals surface area contributed by atoms with Crippen molar-refractivity contribution >= 4 is 22.6 Å². The highest BCUT2D eigenvalue weighted by atomic mass is 127. The first-order chi connectivity index (χ1) is 6.07. The first kappa shape index (κ1) is 10.6. The standard InChI is InChI=1S/C7H5F3INO/c1-13-5-3(8)2-12-7(11)4(5)6(9)10/h2,6H,1H3. The molecule has 0 aromatic carbocycles. The molecule has 0 amide bonds. The second kappa shape index (κ2) is 4.12. The molecule has 72 valence electrons. The minimum Gasteiger partial charge on any atom is -0.493 e. The number of hydrogen-bond donors (Lipinski definition) is 0. The van der Waals surface area contributed by atoms with Crippen molar-refractivity contribution in [2.45, 2.75) is 6.43 Å². The van der Waals surface area contributed by atoms with Crippen molar-refractivity contribution in [2.24, 2.45) is 0 Å². The fourth-order valence-corrected chi connectivity index (χ4v) is 1.48. The van der Waals surface area contributed by atoms with Gasteiger partial charge in [-0.2, -0.15) is 0 Å². The third kappa shape index (κ3) is 2.04. The highest BCUT2D eigenvalue weighted by molar-refractivity contribution is 14.1. The summed E-state index contributed by atoms with van der Waals surface area (Å²) in [6.07, 6.45) is -1.93. The van der Waals surface area contributed by atoms with Crippen LogP contribution in [0.4, 0.5) is 13.2 Å². The number of rotatable bonds is 2. The van der Waals surface area contributed by atoms with Crippen LogP contribution in [-0.4, -0.2) is 12.1 Å². The molecular weight excluding hydrogens is 298 g/mol. The minimum absolute atomic E-state index is 0.0471. The first-order valence-electron chi connectivity index (χ1n) is 3.24. The number of ether oxygens (including phenoxy) is 1. The van der Waals surface area contributed by atoms with Gasteiger partial charge in [-0.3, -0.25) is 0 Å². The average molecular weight is 303 g/mol. The van der Waals surface area contributed by atoms with E-state index in [0.717, 1.165) is 13.3 Å². The van der Waals surface area contributed by atoms with Crippen molar-refractivity contribution in [1.82, 2.24) is 4.98 Å². The van der Waals surface area contributed by atoms with E-state index < -0.39 is 23.6 Å². The van der Waals surface area contributed by atoms with Gasteiger partial charge in [-0.15, -0.1) is 0 Å². The second-order valence-electron chi connectivity index (χ2n) is 2.14. The van der Waals surface area contributed by atoms with Gasteiger partial charge in [0.15, 0.2) is 11.6 Å². The number of nitrogens with zero attached hydrogens (tertiary/aromatic N) is 1. The number of alkyl halides is 2. The molecule has 1 heterocycles. The van der Waals surface area contributed by atoms with Gasteiger partial charge in [-0.25, -0.2) is 18.2 Å². The lowest BCUT2D eigenvalue weighted by molar-refractivity contribution is 0.144. The summed E-state index contributed by atoms with van der Waals surface area (Å²) in [6, 6.07) is 0. The predicted octanol–water partition coefficient (Wildman–Crippen LogP) is 2.77. The SMILES string of the molecule is COc1c(F)cnc(I)c1C(F)F. The van der Waals surface area contributed by atoms with Gasteiger partial charge >= 0.3 is 0 Å². The molecule has 1 aromatic heterocycles. The van der Waals surface area contributed by atoms with Crippen LogP contribution in [-0.2, 0) is 0 Å². The first-order valence-corrected chi connectivity index (χ1v) is 4.31. The molecule has 0 aliphatic rings. The topological polar surface area (TPSA) is 22.1 Å². The van der Waals surface area contributed by atoms with Crippen LogP contribution in [0.25, 0.3) is 0 Å². The monoisotopic (exact) mass is 303 g/mol. The number of halogens is 4. The summed E-state index contributed by atoms with van der Waals surface area (Å²) in [5.41, 5.74) is -0.497. The van der Waals surface area contributed by atoms with Crippen molar-refractivity contribution in [2.75, 3.05) is 7.11 Å². The van der Waals surface area contributed by atoms with E-state index in [1.54, 1.807) is 22.6 Å². The van der Waals surface area contributed by atoms with Crippen LogP contribution in [0.15, 0.2) is 6.20 Å². The summed E-state index contributed by atoms with van der Waals surface area (Å²) in [7, 11) is 1.14. The molecule has 0 aliphatic carbocycles. The van der Waals surface area contributed by atoms with Gasteiger partial charge in [0.25, 0.3) is 6.43 Å². The number of aromatic nitrogens is 1. The molecule has 0 aliphatic heterocycles. The van der Waals surface area contributed by atoms with Crippen molar-refractivity contribution in [1.29, 1.82) is 0 Å². The van der Waals surface area contributed by atoms with Gasteiger partial charge in [0.05, 0.1) is 18.9 Å². The van der Waals surface area contributed by atoms with Crippen molar-refractivity contribution in [3.05, 3.63) is 21.3 Å². The van der Waals surface area contributed by atoms with Crippen molar-refractivity contribution in [3.63, 3.8) is 0 Å². The molecule has 1 aromatic rings. The van der Waals surface area contributed by atoms with E-state index in [1.165, 1.54) is 0 Å². The second-order valence-corrected chi connectivity index (χ2v) is 3.17. The van der Waals surface area contributed by atoms with Crippen molar-refractivity contribution in [3.8, 4) is 5.75 Å². The summed E-state index contributed by atoms with van der Waals surface area (Å²) >= 11 is 1.60. The third-order valence-corrected chi connectivity index (χ3v) is 2.26. The van der Waals surface area contributed by atoms with E-state index in [-0.39, 0.29) is 3.70 Å². The quantitative estimate of drug-likeness (QED) is 0.619. The molecule has 0 radical (unpaired) electrons. The van der Waals surface area contributed by atoms with E-state index in [4.69, 9.17) is 0 Å². The van der Waals surface area contributed by atoms with Gasteiger partial charge in [0, 0.05) is 0 Å². The van der Waals surface area contributed by atoms with Crippen LogP contribution in [0.5, 0.6) is 5.75 Å². The maximum Gasteiger partial charge on any atom is 0.270 e. The van der Waals surface area contributed by atoms with E-state index in [9.17, 15) is 13.2 Å². The fraction of sp³-hybridized carbons (Fsp3) is 0.286. The summed E-state index contributed by atoms with van der Waals surface area (Å²) in [5.74, 6) is -1.31. The Labute approximate surface area is 86.3 Å². The molecule has 0 saturated heterocycles. The van der Waals surface area contributed by atoms with E-state index in [2.05, 4.69) is 9.72 Å². The summed E-state index contributed by atoms with van der Waals surface area (Å²) in [4.78, 5) is 3.46. The molecule has 0 unspecified atom stereocenters. The lowest BCUT2D eigenvalue weighted by atomic mass is 10.2. The third-order valence-electron chi connectivity index (χ3n) is 1.40. The van der Waals surface area contributed by atoms with Crippen molar-refractivity contribution < 1.29 is 17.9 Å². The fourth-order valence-electron chi connectivity index (χ4n) is 0.860. The van der Waals surface area contributed by atoms with Gasteiger partial charge in [-0.05, 0) is 22.6 Å². The molecule has 1 rings (SSSR count). The molecule has 2 nitrogen and oxygen atoms in total. The molecule has 0 spiro atoms.